The van der Waals surface area contributed by atoms with E-state index in [1.165, 1.54) is 6.20 Å². The molecule has 0 fully saturated rings. The fourth-order valence-corrected chi connectivity index (χ4v) is 2.39. The molecule has 18 heavy (non-hydrogen) atoms. The molecule has 100 valence electrons. The number of alkyl halides is 3. The van der Waals surface area contributed by atoms with Crippen LogP contribution in [0.5, 0.6) is 0 Å². The van der Waals surface area contributed by atoms with Crippen LogP contribution in [0, 0.1) is 0 Å². The first-order valence-corrected chi connectivity index (χ1v) is 7.08. The Hall–Kier alpha value is -0.560. The monoisotopic (exact) mass is 385 g/mol. The molecule has 0 saturated carbocycles. The van der Waals surface area contributed by atoms with Gasteiger partial charge in [0.1, 0.15) is 4.60 Å². The van der Waals surface area contributed by atoms with Gasteiger partial charge in [-0.3, -0.25) is 4.79 Å². The van der Waals surface area contributed by atoms with Crippen LogP contribution in [0.4, 0.5) is 8.78 Å². The number of esters is 1. The van der Waals surface area contributed by atoms with Crippen LogP contribution in [0.25, 0.3) is 0 Å². The molecule has 0 spiro atoms. The van der Waals surface area contributed by atoms with Crippen molar-refractivity contribution in [2.24, 2.45) is 0 Å². The number of hydrogen-bond donors (Lipinski definition) is 0. The van der Waals surface area contributed by atoms with Gasteiger partial charge in [0, 0.05) is 22.7 Å². The van der Waals surface area contributed by atoms with E-state index < -0.39 is 12.4 Å². The van der Waals surface area contributed by atoms with Gasteiger partial charge in [0.05, 0.1) is 13.0 Å². The minimum Gasteiger partial charge on any atom is -0.466 e. The van der Waals surface area contributed by atoms with Crippen molar-refractivity contribution < 1.29 is 18.3 Å². The van der Waals surface area contributed by atoms with Crippen molar-refractivity contribution in [2.45, 2.75) is 25.1 Å². The second kappa shape index (κ2) is 7.13. The highest BCUT2D eigenvalue weighted by molar-refractivity contribution is 9.10. The smallest absolute Gasteiger partial charge is 0.310 e. The first-order valence-electron chi connectivity index (χ1n) is 5.17. The first-order chi connectivity index (χ1) is 8.51. The van der Waals surface area contributed by atoms with E-state index in [2.05, 4.69) is 36.8 Å². The zero-order chi connectivity index (χ0) is 13.7. The van der Waals surface area contributed by atoms with E-state index in [9.17, 15) is 13.6 Å². The molecule has 0 aromatic carbocycles. The third kappa shape index (κ3) is 3.71. The Kier molecular flexibility index (Phi) is 6.14. The van der Waals surface area contributed by atoms with Crippen molar-refractivity contribution >= 4 is 37.8 Å². The second-order valence-corrected chi connectivity index (χ2v) is 4.69. The zero-order valence-corrected chi connectivity index (χ0v) is 12.7. The molecule has 0 atom stereocenters. The lowest BCUT2D eigenvalue weighted by atomic mass is 10.0. The Labute approximate surface area is 120 Å². The average molecular weight is 387 g/mol. The van der Waals surface area contributed by atoms with E-state index in [1.807, 2.05) is 0 Å². The van der Waals surface area contributed by atoms with Gasteiger partial charge in [-0.25, -0.2) is 13.8 Å². The Balaban J connectivity index is 3.18. The van der Waals surface area contributed by atoms with Crippen LogP contribution < -0.4 is 0 Å². The molecule has 1 rings (SSSR count). The van der Waals surface area contributed by atoms with Crippen molar-refractivity contribution in [2.75, 3.05) is 6.61 Å². The number of nitrogens with zero attached hydrogens (tertiary/aromatic N) is 1. The van der Waals surface area contributed by atoms with E-state index in [0.717, 1.165) is 0 Å². The number of ether oxygens (including phenoxy) is 1. The minimum absolute atomic E-state index is 0.165. The molecule has 0 bridgehead atoms. The van der Waals surface area contributed by atoms with Crippen LogP contribution in [0.2, 0.25) is 0 Å². The highest BCUT2D eigenvalue weighted by Crippen LogP contribution is 2.32. The number of hydrogen-bond acceptors (Lipinski definition) is 3. The van der Waals surface area contributed by atoms with Crippen molar-refractivity contribution in [3.8, 4) is 0 Å². The molecule has 1 heterocycles. The van der Waals surface area contributed by atoms with Gasteiger partial charge in [-0.05, 0) is 28.4 Å². The Morgan fingerprint density at radius 1 is 1.56 bits per heavy atom. The summed E-state index contributed by atoms with van der Waals surface area (Å²) in [6.07, 6.45) is -1.53. The number of pyridine rings is 1. The molecule has 0 radical (unpaired) electrons. The highest BCUT2D eigenvalue weighted by Gasteiger charge is 2.22. The first kappa shape index (κ1) is 15.5. The van der Waals surface area contributed by atoms with Gasteiger partial charge in [-0.2, -0.15) is 0 Å². The highest BCUT2D eigenvalue weighted by atomic mass is 79.9. The molecule has 7 heteroatoms. The molecule has 0 aliphatic rings. The standard InChI is InChI=1S/C11H11Br2F2NO2/c1-2-18-8(17)3-7-9(11(14)15)6(4-12)5-16-10(7)13/h5,11H,2-4H2,1H3. The van der Waals surface area contributed by atoms with Crippen molar-refractivity contribution in [1.82, 2.24) is 4.98 Å². The van der Waals surface area contributed by atoms with Gasteiger partial charge < -0.3 is 4.74 Å². The number of rotatable bonds is 5. The van der Waals surface area contributed by atoms with E-state index in [-0.39, 0.29) is 34.1 Å². The van der Waals surface area contributed by atoms with Crippen molar-refractivity contribution in [3.05, 3.63) is 27.5 Å². The summed E-state index contributed by atoms with van der Waals surface area (Å²) in [6, 6.07) is 0. The molecule has 0 amide bonds. The lowest BCUT2D eigenvalue weighted by Crippen LogP contribution is -2.12. The molecule has 0 aliphatic heterocycles. The van der Waals surface area contributed by atoms with Gasteiger partial charge in [-0.1, -0.05) is 15.9 Å². The van der Waals surface area contributed by atoms with E-state index in [1.54, 1.807) is 6.92 Å². The molecule has 0 N–H and O–H groups in total. The van der Waals surface area contributed by atoms with Crippen LogP contribution >= 0.6 is 31.9 Å². The maximum atomic E-state index is 13.1. The van der Waals surface area contributed by atoms with Gasteiger partial charge in [0.25, 0.3) is 6.43 Å². The zero-order valence-electron chi connectivity index (χ0n) is 9.55. The van der Waals surface area contributed by atoms with Crippen LogP contribution in [0.3, 0.4) is 0 Å². The summed E-state index contributed by atoms with van der Waals surface area (Å²) in [6.45, 7) is 1.88. The maximum Gasteiger partial charge on any atom is 0.310 e. The van der Waals surface area contributed by atoms with Crippen LogP contribution in [-0.2, 0) is 21.3 Å². The normalized spacial score (nSPS) is 10.8. The summed E-state index contributed by atoms with van der Waals surface area (Å²) < 4.78 is 31.2. The lowest BCUT2D eigenvalue weighted by molar-refractivity contribution is -0.142. The van der Waals surface area contributed by atoms with Gasteiger partial charge in [-0.15, -0.1) is 0 Å². The quantitative estimate of drug-likeness (QED) is 0.439. The van der Waals surface area contributed by atoms with Gasteiger partial charge in [0.2, 0.25) is 0 Å². The predicted molar refractivity (Wildman–Crippen MR) is 69.9 cm³/mol. The number of carbonyl (C=O) groups is 1. The topological polar surface area (TPSA) is 39.2 Å². The summed E-state index contributed by atoms with van der Waals surface area (Å²) in [4.78, 5) is 15.4. The molecule has 0 unspecified atom stereocenters. The second-order valence-electron chi connectivity index (χ2n) is 3.38. The van der Waals surface area contributed by atoms with Crippen LogP contribution in [0.1, 0.15) is 30.0 Å². The maximum absolute atomic E-state index is 13.1. The molecule has 1 aromatic heterocycles. The minimum atomic E-state index is -2.67. The molecule has 1 aromatic rings. The fraction of sp³-hybridized carbons (Fsp3) is 0.455. The Morgan fingerprint density at radius 3 is 2.72 bits per heavy atom. The molecule has 0 aliphatic carbocycles. The molecule has 3 nitrogen and oxygen atoms in total. The summed E-state index contributed by atoms with van der Waals surface area (Å²) in [5, 5.41) is 0.253. The number of halogens is 4. The van der Waals surface area contributed by atoms with Gasteiger partial charge >= 0.3 is 5.97 Å². The van der Waals surface area contributed by atoms with E-state index >= 15 is 0 Å². The van der Waals surface area contributed by atoms with Crippen molar-refractivity contribution in [3.63, 3.8) is 0 Å². The van der Waals surface area contributed by atoms with E-state index in [0.29, 0.717) is 5.56 Å². The van der Waals surface area contributed by atoms with Gasteiger partial charge in [0.15, 0.2) is 0 Å². The fourth-order valence-electron chi connectivity index (χ4n) is 1.49. The van der Waals surface area contributed by atoms with Crippen LogP contribution in [0.15, 0.2) is 10.8 Å². The average Bonchev–Trinajstić information content (AvgIpc) is 2.31. The molecular formula is C11H11Br2F2NO2. The lowest BCUT2D eigenvalue weighted by Gasteiger charge is -2.13. The Bertz CT molecular complexity index is 441. The van der Waals surface area contributed by atoms with E-state index in [4.69, 9.17) is 4.74 Å². The molecular weight excluding hydrogens is 376 g/mol. The third-order valence-electron chi connectivity index (χ3n) is 2.24. The largest absolute Gasteiger partial charge is 0.466 e. The number of aromatic nitrogens is 1. The predicted octanol–water partition coefficient (Wildman–Crippen LogP) is 3.78. The third-order valence-corrected chi connectivity index (χ3v) is 3.53. The SMILES string of the molecule is CCOC(=O)Cc1c(Br)ncc(CBr)c1C(F)F. The number of carbonyl (C=O) groups excluding carboxylic acids is 1. The summed E-state index contributed by atoms with van der Waals surface area (Å²) in [5.41, 5.74) is 0.384. The van der Waals surface area contributed by atoms with Crippen LogP contribution in [-0.4, -0.2) is 17.6 Å². The summed E-state index contributed by atoms with van der Waals surface area (Å²) in [5.74, 6) is -0.548. The van der Waals surface area contributed by atoms with Crippen molar-refractivity contribution in [1.29, 1.82) is 0 Å². The summed E-state index contributed by atoms with van der Waals surface area (Å²) in [7, 11) is 0. The Morgan fingerprint density at radius 2 is 2.22 bits per heavy atom. The summed E-state index contributed by atoms with van der Waals surface area (Å²) >= 11 is 6.22. The molecule has 0 saturated heterocycles.